The van der Waals surface area contributed by atoms with E-state index in [-0.39, 0.29) is 5.82 Å². The molecule has 2 nitrogen and oxygen atoms in total. The molecule has 17 heavy (non-hydrogen) atoms. The number of nitrogens with two attached hydrogens (primary N) is 1. The second-order valence-electron chi connectivity index (χ2n) is 4.47. The summed E-state index contributed by atoms with van der Waals surface area (Å²) in [6.07, 6.45) is 1.09. The predicted octanol–water partition coefficient (Wildman–Crippen LogP) is 3.53. The highest BCUT2D eigenvalue weighted by Crippen LogP contribution is 2.29. The standard InChI is InChI=1S/C13H20BrFN2/c1-4-9(2)8-17(3)11-6-5-10(7-16)12(14)13(11)15/h5-6,9H,4,7-8,16H2,1-3H3. The van der Waals surface area contributed by atoms with E-state index in [1.165, 1.54) is 0 Å². The lowest BCUT2D eigenvalue weighted by Gasteiger charge is -2.24. The van der Waals surface area contributed by atoms with Crippen LogP contribution in [0.4, 0.5) is 10.1 Å². The van der Waals surface area contributed by atoms with Crippen molar-refractivity contribution < 1.29 is 4.39 Å². The zero-order valence-corrected chi connectivity index (χ0v) is 12.2. The molecular formula is C13H20BrFN2. The van der Waals surface area contributed by atoms with Gasteiger partial charge in [-0.2, -0.15) is 0 Å². The molecule has 0 aromatic heterocycles. The Labute approximate surface area is 111 Å². The molecule has 1 atom stereocenters. The molecule has 0 aliphatic heterocycles. The molecule has 0 radical (unpaired) electrons. The minimum atomic E-state index is -0.223. The van der Waals surface area contributed by atoms with Gasteiger partial charge in [0.2, 0.25) is 0 Å². The fourth-order valence-electron chi connectivity index (χ4n) is 1.73. The molecule has 0 bridgehead atoms. The molecule has 0 saturated heterocycles. The molecule has 0 amide bonds. The second kappa shape index (κ2) is 6.36. The summed E-state index contributed by atoms with van der Waals surface area (Å²) in [7, 11) is 1.92. The van der Waals surface area contributed by atoms with Crippen molar-refractivity contribution in [1.82, 2.24) is 0 Å². The summed E-state index contributed by atoms with van der Waals surface area (Å²) in [6.45, 7) is 5.49. The second-order valence-corrected chi connectivity index (χ2v) is 5.26. The van der Waals surface area contributed by atoms with E-state index >= 15 is 0 Å². The Morgan fingerprint density at radius 3 is 2.65 bits per heavy atom. The quantitative estimate of drug-likeness (QED) is 0.901. The summed E-state index contributed by atoms with van der Waals surface area (Å²) in [6, 6.07) is 3.67. The van der Waals surface area contributed by atoms with Crippen LogP contribution in [0.2, 0.25) is 0 Å². The van der Waals surface area contributed by atoms with E-state index < -0.39 is 0 Å². The summed E-state index contributed by atoms with van der Waals surface area (Å²) in [5.74, 6) is 0.325. The van der Waals surface area contributed by atoms with Crippen LogP contribution in [0.15, 0.2) is 16.6 Å². The van der Waals surface area contributed by atoms with Gasteiger partial charge in [-0.3, -0.25) is 0 Å². The summed E-state index contributed by atoms with van der Waals surface area (Å²) >= 11 is 3.26. The number of hydrogen-bond acceptors (Lipinski definition) is 2. The maximum absolute atomic E-state index is 14.1. The molecule has 0 saturated carbocycles. The molecule has 2 N–H and O–H groups in total. The lowest BCUT2D eigenvalue weighted by atomic mass is 10.1. The topological polar surface area (TPSA) is 29.3 Å². The van der Waals surface area contributed by atoms with Crippen molar-refractivity contribution in [2.45, 2.75) is 26.8 Å². The first-order valence-electron chi connectivity index (χ1n) is 5.89. The van der Waals surface area contributed by atoms with Gasteiger partial charge in [-0.05, 0) is 33.5 Å². The third-order valence-electron chi connectivity index (χ3n) is 3.06. The van der Waals surface area contributed by atoms with Crippen molar-refractivity contribution in [1.29, 1.82) is 0 Å². The van der Waals surface area contributed by atoms with Crippen LogP contribution in [0.25, 0.3) is 0 Å². The van der Waals surface area contributed by atoms with Gasteiger partial charge in [0, 0.05) is 20.1 Å². The van der Waals surface area contributed by atoms with Crippen molar-refractivity contribution in [3.05, 3.63) is 28.0 Å². The van der Waals surface area contributed by atoms with Crippen molar-refractivity contribution >= 4 is 21.6 Å². The first-order chi connectivity index (χ1) is 8.01. The summed E-state index contributed by atoms with van der Waals surface area (Å²) < 4.78 is 14.6. The first-order valence-corrected chi connectivity index (χ1v) is 6.68. The molecule has 1 aromatic carbocycles. The van der Waals surface area contributed by atoms with Crippen LogP contribution in [0.3, 0.4) is 0 Å². The Morgan fingerprint density at radius 1 is 1.47 bits per heavy atom. The zero-order chi connectivity index (χ0) is 13.0. The zero-order valence-electron chi connectivity index (χ0n) is 10.6. The molecule has 4 heteroatoms. The van der Waals surface area contributed by atoms with Crippen molar-refractivity contribution in [2.24, 2.45) is 11.7 Å². The van der Waals surface area contributed by atoms with Crippen molar-refractivity contribution in [3.63, 3.8) is 0 Å². The largest absolute Gasteiger partial charge is 0.372 e. The third-order valence-corrected chi connectivity index (χ3v) is 3.91. The average Bonchev–Trinajstić information content (AvgIpc) is 2.32. The Hall–Kier alpha value is -0.610. The molecule has 1 aromatic rings. The smallest absolute Gasteiger partial charge is 0.160 e. The van der Waals surface area contributed by atoms with Crippen LogP contribution in [0.1, 0.15) is 25.8 Å². The maximum atomic E-state index is 14.1. The van der Waals surface area contributed by atoms with Crippen molar-refractivity contribution in [2.75, 3.05) is 18.5 Å². The normalized spacial score (nSPS) is 12.6. The van der Waals surface area contributed by atoms with Gasteiger partial charge in [-0.25, -0.2) is 4.39 Å². The Morgan fingerprint density at radius 2 is 2.12 bits per heavy atom. The number of nitrogens with zero attached hydrogens (tertiary/aromatic N) is 1. The highest BCUT2D eigenvalue weighted by molar-refractivity contribution is 9.10. The van der Waals surface area contributed by atoms with E-state index in [1.54, 1.807) is 6.07 Å². The van der Waals surface area contributed by atoms with Gasteiger partial charge in [0.05, 0.1) is 10.2 Å². The third kappa shape index (κ3) is 3.42. The van der Waals surface area contributed by atoms with Gasteiger partial charge < -0.3 is 10.6 Å². The van der Waals surface area contributed by atoms with Gasteiger partial charge in [0.15, 0.2) is 5.82 Å². The van der Waals surface area contributed by atoms with E-state index in [0.717, 1.165) is 18.5 Å². The molecule has 0 heterocycles. The van der Waals surface area contributed by atoms with Crippen LogP contribution >= 0.6 is 15.9 Å². The minimum absolute atomic E-state index is 0.223. The molecule has 0 aliphatic rings. The molecular weight excluding hydrogens is 283 g/mol. The van der Waals surface area contributed by atoms with E-state index in [4.69, 9.17) is 5.73 Å². The molecule has 1 rings (SSSR count). The number of hydrogen-bond donors (Lipinski definition) is 1. The van der Waals surface area contributed by atoms with Gasteiger partial charge in [0.1, 0.15) is 0 Å². The van der Waals surface area contributed by atoms with E-state index in [1.807, 2.05) is 18.0 Å². The molecule has 1 unspecified atom stereocenters. The predicted molar refractivity (Wildman–Crippen MR) is 74.7 cm³/mol. The molecule has 96 valence electrons. The van der Waals surface area contributed by atoms with Crippen LogP contribution in [0, 0.1) is 11.7 Å². The summed E-state index contributed by atoms with van der Waals surface area (Å²) in [5.41, 5.74) is 6.95. The fourth-order valence-corrected chi connectivity index (χ4v) is 2.22. The van der Waals surface area contributed by atoms with Crippen molar-refractivity contribution in [3.8, 4) is 0 Å². The van der Waals surface area contributed by atoms with Crippen LogP contribution in [0.5, 0.6) is 0 Å². The first kappa shape index (κ1) is 14.5. The van der Waals surface area contributed by atoms with Crippen LogP contribution < -0.4 is 10.6 Å². The number of benzene rings is 1. The Kier molecular flexibility index (Phi) is 5.40. The van der Waals surface area contributed by atoms with E-state index in [2.05, 4.69) is 29.8 Å². The SMILES string of the molecule is CCC(C)CN(C)c1ccc(CN)c(Br)c1F. The molecule has 0 fully saturated rings. The van der Waals surface area contributed by atoms with Crippen LogP contribution in [-0.4, -0.2) is 13.6 Å². The van der Waals surface area contributed by atoms with Gasteiger partial charge in [-0.15, -0.1) is 0 Å². The van der Waals surface area contributed by atoms with Gasteiger partial charge >= 0.3 is 0 Å². The number of rotatable bonds is 5. The van der Waals surface area contributed by atoms with E-state index in [9.17, 15) is 4.39 Å². The van der Waals surface area contributed by atoms with E-state index in [0.29, 0.717) is 22.6 Å². The molecule has 0 aliphatic carbocycles. The lowest BCUT2D eigenvalue weighted by Crippen LogP contribution is -2.24. The average molecular weight is 303 g/mol. The number of halogens is 2. The van der Waals surface area contributed by atoms with Gasteiger partial charge in [0.25, 0.3) is 0 Å². The van der Waals surface area contributed by atoms with Gasteiger partial charge in [-0.1, -0.05) is 26.3 Å². The van der Waals surface area contributed by atoms with Crippen LogP contribution in [-0.2, 0) is 6.54 Å². The Balaban J connectivity index is 2.95. The summed E-state index contributed by atoms with van der Waals surface area (Å²) in [4.78, 5) is 1.95. The highest BCUT2D eigenvalue weighted by Gasteiger charge is 2.14. The molecule has 0 spiro atoms. The minimum Gasteiger partial charge on any atom is -0.372 e. The summed E-state index contributed by atoms with van der Waals surface area (Å²) in [5, 5.41) is 0. The Bertz CT molecular complexity index is 382. The lowest BCUT2D eigenvalue weighted by molar-refractivity contribution is 0.548. The monoisotopic (exact) mass is 302 g/mol. The fraction of sp³-hybridized carbons (Fsp3) is 0.538. The highest BCUT2D eigenvalue weighted by atomic mass is 79.9. The maximum Gasteiger partial charge on any atom is 0.160 e. The number of anilines is 1.